The molecular weight excluding hydrogens is 426 g/mol. The van der Waals surface area contributed by atoms with E-state index in [-0.39, 0.29) is 28.8 Å². The molecule has 2 heterocycles. The Morgan fingerprint density at radius 3 is 2.48 bits per heavy atom. The molecular formula is C23H29N5O5. The summed E-state index contributed by atoms with van der Waals surface area (Å²) in [5, 5.41) is 19.1. The Morgan fingerprint density at radius 1 is 1.12 bits per heavy atom. The van der Waals surface area contributed by atoms with Gasteiger partial charge in [0.2, 0.25) is 5.91 Å². The van der Waals surface area contributed by atoms with Crippen LogP contribution in [0.25, 0.3) is 6.08 Å². The van der Waals surface area contributed by atoms with Gasteiger partial charge < -0.3 is 10.6 Å². The molecule has 4 rings (SSSR count). The Labute approximate surface area is 191 Å². The van der Waals surface area contributed by atoms with Crippen molar-refractivity contribution < 1.29 is 19.3 Å². The van der Waals surface area contributed by atoms with Crippen LogP contribution < -0.4 is 16.0 Å². The number of carbonyl (C=O) groups is 3. The van der Waals surface area contributed by atoms with Gasteiger partial charge >= 0.3 is 6.03 Å². The molecule has 2 saturated heterocycles. The highest BCUT2D eigenvalue weighted by molar-refractivity contribution is 6.14. The third-order valence-corrected chi connectivity index (χ3v) is 6.62. The number of nitro groups is 1. The van der Waals surface area contributed by atoms with Gasteiger partial charge in [0.05, 0.1) is 10.5 Å². The van der Waals surface area contributed by atoms with E-state index in [2.05, 4.69) is 20.9 Å². The van der Waals surface area contributed by atoms with E-state index in [1.165, 1.54) is 31.4 Å². The maximum atomic E-state index is 12.6. The highest BCUT2D eigenvalue weighted by atomic mass is 16.6. The second kappa shape index (κ2) is 10.1. The normalized spacial score (nSPS) is 21.6. The number of likely N-dealkylation sites (tertiary alicyclic amines) is 1. The van der Waals surface area contributed by atoms with Crippen molar-refractivity contribution in [2.75, 3.05) is 13.1 Å². The van der Waals surface area contributed by atoms with Crippen LogP contribution in [0.2, 0.25) is 0 Å². The smallest absolute Gasteiger partial charge is 0.326 e. The highest BCUT2D eigenvalue weighted by Gasteiger charge is 2.28. The molecule has 10 heteroatoms. The van der Waals surface area contributed by atoms with E-state index in [9.17, 15) is 24.5 Å². The van der Waals surface area contributed by atoms with Gasteiger partial charge in [0.25, 0.3) is 11.6 Å². The Hall–Kier alpha value is -3.27. The number of rotatable bonds is 6. The molecule has 2 aliphatic heterocycles. The fraction of sp³-hybridized carbons (Fsp3) is 0.522. The van der Waals surface area contributed by atoms with E-state index in [0.717, 1.165) is 44.3 Å². The van der Waals surface area contributed by atoms with Crippen LogP contribution >= 0.6 is 0 Å². The zero-order chi connectivity index (χ0) is 23.4. The van der Waals surface area contributed by atoms with Gasteiger partial charge in [-0.2, -0.15) is 0 Å². The van der Waals surface area contributed by atoms with Crippen molar-refractivity contribution in [2.45, 2.75) is 57.5 Å². The molecule has 0 atom stereocenters. The molecule has 176 valence electrons. The van der Waals surface area contributed by atoms with Crippen LogP contribution in [0.1, 0.15) is 56.1 Å². The summed E-state index contributed by atoms with van der Waals surface area (Å²) in [7, 11) is 0. The minimum Gasteiger partial charge on any atom is -0.353 e. The molecule has 3 aliphatic rings. The van der Waals surface area contributed by atoms with Crippen LogP contribution in [0, 0.1) is 16.0 Å². The predicted octanol–water partition coefficient (Wildman–Crippen LogP) is 2.44. The summed E-state index contributed by atoms with van der Waals surface area (Å²) in [5.74, 6) is -0.416. The summed E-state index contributed by atoms with van der Waals surface area (Å²) in [4.78, 5) is 48.9. The van der Waals surface area contributed by atoms with Crippen molar-refractivity contribution in [2.24, 2.45) is 5.92 Å². The first-order chi connectivity index (χ1) is 15.9. The van der Waals surface area contributed by atoms with Crippen LogP contribution in [-0.2, 0) is 16.1 Å². The largest absolute Gasteiger partial charge is 0.353 e. The molecule has 1 aromatic carbocycles. The average molecular weight is 456 g/mol. The van der Waals surface area contributed by atoms with E-state index >= 15 is 0 Å². The summed E-state index contributed by atoms with van der Waals surface area (Å²) < 4.78 is 0. The van der Waals surface area contributed by atoms with E-state index in [1.807, 2.05) is 0 Å². The first-order valence-electron chi connectivity index (χ1n) is 11.5. The lowest BCUT2D eigenvalue weighted by molar-refractivity contribution is -0.385. The third kappa shape index (κ3) is 5.75. The third-order valence-electron chi connectivity index (χ3n) is 6.62. The Balaban J connectivity index is 1.37. The zero-order valence-electron chi connectivity index (χ0n) is 18.5. The van der Waals surface area contributed by atoms with Gasteiger partial charge in [-0.3, -0.25) is 29.9 Å². The number of hydrogen-bond donors (Lipinski definition) is 3. The van der Waals surface area contributed by atoms with Crippen molar-refractivity contribution in [3.8, 4) is 0 Å². The van der Waals surface area contributed by atoms with Gasteiger partial charge in [-0.25, -0.2) is 4.79 Å². The predicted molar refractivity (Wildman–Crippen MR) is 121 cm³/mol. The summed E-state index contributed by atoms with van der Waals surface area (Å²) >= 11 is 0. The summed E-state index contributed by atoms with van der Waals surface area (Å²) in [6, 6.07) is 4.46. The first-order valence-corrected chi connectivity index (χ1v) is 11.5. The van der Waals surface area contributed by atoms with Gasteiger partial charge in [-0.05, 0) is 56.5 Å². The summed E-state index contributed by atoms with van der Waals surface area (Å²) in [5.41, 5.74) is 0.956. The number of benzene rings is 1. The van der Waals surface area contributed by atoms with Gasteiger partial charge in [0, 0.05) is 24.6 Å². The Morgan fingerprint density at radius 2 is 1.85 bits per heavy atom. The molecule has 0 unspecified atom stereocenters. The molecule has 4 amide bonds. The van der Waals surface area contributed by atoms with Gasteiger partial charge in [-0.15, -0.1) is 0 Å². The molecule has 1 aliphatic carbocycles. The second-order valence-electron chi connectivity index (χ2n) is 9.01. The number of hydrogen-bond acceptors (Lipinski definition) is 6. The van der Waals surface area contributed by atoms with E-state index < -0.39 is 16.9 Å². The SMILES string of the molecule is O=C1NC(=O)C(=Cc2cc(CN3CCC(C(=O)NC4CCCCC4)CC3)ccc2[N+](=O)[O-])N1. The quantitative estimate of drug-likeness (QED) is 0.261. The molecule has 0 radical (unpaired) electrons. The average Bonchev–Trinajstić information content (AvgIpc) is 3.11. The minimum atomic E-state index is -0.652. The number of amides is 4. The molecule has 33 heavy (non-hydrogen) atoms. The number of urea groups is 1. The summed E-state index contributed by atoms with van der Waals surface area (Å²) in [6.07, 6.45) is 8.69. The van der Waals surface area contributed by atoms with Crippen molar-refractivity contribution in [1.29, 1.82) is 0 Å². The second-order valence-corrected chi connectivity index (χ2v) is 9.01. The van der Waals surface area contributed by atoms with Crippen LogP contribution in [-0.4, -0.2) is 46.8 Å². The fourth-order valence-corrected chi connectivity index (χ4v) is 4.80. The topological polar surface area (TPSA) is 134 Å². The van der Waals surface area contributed by atoms with Crippen molar-refractivity contribution in [3.05, 3.63) is 45.1 Å². The number of imide groups is 1. The molecule has 1 saturated carbocycles. The van der Waals surface area contributed by atoms with Gasteiger partial charge in [-0.1, -0.05) is 25.3 Å². The van der Waals surface area contributed by atoms with E-state index in [0.29, 0.717) is 12.6 Å². The monoisotopic (exact) mass is 455 g/mol. The Bertz CT molecular complexity index is 977. The van der Waals surface area contributed by atoms with Crippen molar-refractivity contribution >= 4 is 29.6 Å². The maximum absolute atomic E-state index is 12.6. The lowest BCUT2D eigenvalue weighted by atomic mass is 9.92. The summed E-state index contributed by atoms with van der Waals surface area (Å²) in [6.45, 7) is 2.13. The lowest BCUT2D eigenvalue weighted by Gasteiger charge is -2.32. The molecule has 10 nitrogen and oxygen atoms in total. The van der Waals surface area contributed by atoms with Crippen molar-refractivity contribution in [3.63, 3.8) is 0 Å². The van der Waals surface area contributed by atoms with Crippen LogP contribution in [0.4, 0.5) is 10.5 Å². The molecule has 3 N–H and O–H groups in total. The van der Waals surface area contributed by atoms with E-state index in [4.69, 9.17) is 0 Å². The number of carbonyl (C=O) groups excluding carboxylic acids is 3. The number of nitro benzene ring substituents is 1. The standard InChI is InChI=1S/C23H29N5O5/c29-21(24-18-4-2-1-3-5-18)16-8-10-27(11-9-16)14-15-6-7-20(28(32)33)17(12-15)13-19-22(30)26-23(31)25-19/h6-7,12-13,16,18H,1-5,8-11,14H2,(H,24,29)(H2,25,26,30,31). The lowest BCUT2D eigenvalue weighted by Crippen LogP contribution is -2.44. The first kappa shape index (κ1) is 22.9. The maximum Gasteiger partial charge on any atom is 0.326 e. The minimum absolute atomic E-state index is 0.0231. The van der Waals surface area contributed by atoms with Crippen LogP contribution in [0.15, 0.2) is 23.9 Å². The number of nitrogens with zero attached hydrogens (tertiary/aromatic N) is 2. The molecule has 0 bridgehead atoms. The molecule has 1 aromatic rings. The molecule has 0 spiro atoms. The van der Waals surface area contributed by atoms with Crippen LogP contribution in [0.5, 0.6) is 0 Å². The fourth-order valence-electron chi connectivity index (χ4n) is 4.80. The van der Waals surface area contributed by atoms with Gasteiger partial charge in [0.15, 0.2) is 0 Å². The molecule has 0 aromatic heterocycles. The number of nitrogens with one attached hydrogen (secondary N) is 3. The van der Waals surface area contributed by atoms with Crippen LogP contribution in [0.3, 0.4) is 0 Å². The highest BCUT2D eigenvalue weighted by Crippen LogP contribution is 2.26. The van der Waals surface area contributed by atoms with E-state index in [1.54, 1.807) is 12.1 Å². The molecule has 3 fully saturated rings. The number of piperidine rings is 1. The van der Waals surface area contributed by atoms with Crippen molar-refractivity contribution in [1.82, 2.24) is 20.9 Å². The van der Waals surface area contributed by atoms with Gasteiger partial charge in [0.1, 0.15) is 5.70 Å². The zero-order valence-corrected chi connectivity index (χ0v) is 18.5. The Kier molecular flexibility index (Phi) is 7.02.